The van der Waals surface area contributed by atoms with E-state index in [1.165, 1.54) is 12.5 Å². The Hall–Kier alpha value is -1.95. The molecule has 0 radical (unpaired) electrons. The fourth-order valence-corrected chi connectivity index (χ4v) is 2.90. The minimum Gasteiger partial charge on any atom is -0.332 e. The molecule has 3 N–H and O–H groups in total. The normalized spacial score (nSPS) is 26.6. The first-order valence-corrected chi connectivity index (χ1v) is 6.90. The van der Waals surface area contributed by atoms with Crippen molar-refractivity contribution < 1.29 is 4.52 Å². The highest BCUT2D eigenvalue weighted by atomic mass is 16.5. The molecule has 2 atom stereocenters. The second kappa shape index (κ2) is 4.86. The van der Waals surface area contributed by atoms with Gasteiger partial charge >= 0.3 is 0 Å². The number of pyridine rings is 1. The van der Waals surface area contributed by atoms with E-state index >= 15 is 0 Å². The molecule has 0 bridgehead atoms. The Morgan fingerprint density at radius 1 is 1.50 bits per heavy atom. The third-order valence-corrected chi connectivity index (χ3v) is 3.90. The van der Waals surface area contributed by atoms with E-state index in [9.17, 15) is 4.79 Å². The van der Waals surface area contributed by atoms with Crippen LogP contribution in [0.4, 0.5) is 0 Å². The van der Waals surface area contributed by atoms with Crippen molar-refractivity contribution >= 4 is 0 Å². The lowest BCUT2D eigenvalue weighted by molar-refractivity contribution is 0.222. The van der Waals surface area contributed by atoms with Crippen molar-refractivity contribution in [1.82, 2.24) is 15.1 Å². The summed E-state index contributed by atoms with van der Waals surface area (Å²) in [6, 6.07) is 4.82. The van der Waals surface area contributed by atoms with Crippen LogP contribution in [0.1, 0.15) is 38.4 Å². The van der Waals surface area contributed by atoms with Crippen LogP contribution in [-0.4, -0.2) is 15.1 Å². The van der Waals surface area contributed by atoms with Gasteiger partial charge in [-0.25, -0.2) is 0 Å². The second-order valence-corrected chi connectivity index (χ2v) is 5.71. The monoisotopic (exact) mass is 274 g/mol. The van der Waals surface area contributed by atoms with E-state index in [0.29, 0.717) is 23.3 Å². The van der Waals surface area contributed by atoms with E-state index in [0.717, 1.165) is 19.3 Å². The summed E-state index contributed by atoms with van der Waals surface area (Å²) < 4.78 is 5.25. The smallest absolute Gasteiger partial charge is 0.274 e. The molecule has 2 aromatic heterocycles. The number of aromatic amines is 1. The summed E-state index contributed by atoms with van der Waals surface area (Å²) >= 11 is 0. The largest absolute Gasteiger partial charge is 0.332 e. The summed E-state index contributed by atoms with van der Waals surface area (Å²) in [6.45, 7) is 2.19. The predicted molar refractivity (Wildman–Crippen MR) is 73.9 cm³/mol. The number of rotatable bonds is 2. The van der Waals surface area contributed by atoms with Crippen LogP contribution in [0, 0.1) is 5.92 Å². The van der Waals surface area contributed by atoms with E-state index in [-0.39, 0.29) is 5.56 Å². The van der Waals surface area contributed by atoms with Gasteiger partial charge in [0.15, 0.2) is 5.82 Å². The van der Waals surface area contributed by atoms with Crippen molar-refractivity contribution in [2.24, 2.45) is 11.7 Å². The van der Waals surface area contributed by atoms with Crippen LogP contribution in [0.25, 0.3) is 11.6 Å². The molecular weight excluding hydrogens is 256 g/mol. The van der Waals surface area contributed by atoms with Gasteiger partial charge in [-0.3, -0.25) is 4.79 Å². The molecule has 0 aliphatic heterocycles. The number of nitrogens with one attached hydrogen (secondary N) is 1. The molecule has 1 aliphatic carbocycles. The molecule has 1 aliphatic rings. The Bertz CT molecular complexity index is 663. The van der Waals surface area contributed by atoms with E-state index < -0.39 is 5.54 Å². The van der Waals surface area contributed by atoms with Crippen molar-refractivity contribution in [3.05, 3.63) is 34.4 Å². The molecule has 2 aromatic rings. The van der Waals surface area contributed by atoms with Crippen molar-refractivity contribution in [3.8, 4) is 11.6 Å². The molecule has 1 saturated carbocycles. The van der Waals surface area contributed by atoms with E-state index in [2.05, 4.69) is 22.0 Å². The summed E-state index contributed by atoms with van der Waals surface area (Å²) in [7, 11) is 0. The van der Waals surface area contributed by atoms with Crippen molar-refractivity contribution in [1.29, 1.82) is 0 Å². The van der Waals surface area contributed by atoms with Gasteiger partial charge < -0.3 is 15.2 Å². The minimum atomic E-state index is -0.519. The van der Waals surface area contributed by atoms with Crippen LogP contribution in [0.2, 0.25) is 0 Å². The SMILES string of the molecule is CC1CCCC(N)(c2noc(-c3cccc(=O)[nH]3)n2)C1. The highest BCUT2D eigenvalue weighted by Crippen LogP contribution is 2.36. The van der Waals surface area contributed by atoms with Gasteiger partial charge in [-0.2, -0.15) is 4.98 Å². The van der Waals surface area contributed by atoms with Gasteiger partial charge in [-0.1, -0.05) is 31.0 Å². The third-order valence-electron chi connectivity index (χ3n) is 3.90. The fraction of sp³-hybridized carbons (Fsp3) is 0.500. The highest BCUT2D eigenvalue weighted by Gasteiger charge is 2.37. The van der Waals surface area contributed by atoms with Gasteiger partial charge in [-0.15, -0.1) is 0 Å². The van der Waals surface area contributed by atoms with Gasteiger partial charge in [0.05, 0.1) is 5.54 Å². The molecule has 2 heterocycles. The number of nitrogens with zero attached hydrogens (tertiary/aromatic N) is 2. The van der Waals surface area contributed by atoms with Crippen LogP contribution in [0.3, 0.4) is 0 Å². The Labute approximate surface area is 116 Å². The molecule has 1 fully saturated rings. The average molecular weight is 274 g/mol. The number of hydrogen-bond acceptors (Lipinski definition) is 5. The molecule has 0 spiro atoms. The van der Waals surface area contributed by atoms with Crippen molar-refractivity contribution in [2.45, 2.75) is 38.1 Å². The second-order valence-electron chi connectivity index (χ2n) is 5.71. The lowest BCUT2D eigenvalue weighted by Crippen LogP contribution is -2.42. The van der Waals surface area contributed by atoms with E-state index in [4.69, 9.17) is 10.3 Å². The maximum atomic E-state index is 11.3. The molecule has 0 saturated heterocycles. The zero-order valence-electron chi connectivity index (χ0n) is 11.4. The Kier molecular flexibility index (Phi) is 3.17. The lowest BCUT2D eigenvalue weighted by Gasteiger charge is -2.33. The number of nitrogens with two attached hydrogens (primary N) is 1. The van der Waals surface area contributed by atoms with Gasteiger partial charge in [0.2, 0.25) is 5.56 Å². The van der Waals surface area contributed by atoms with Gasteiger partial charge in [0, 0.05) is 6.07 Å². The van der Waals surface area contributed by atoms with Gasteiger partial charge in [-0.05, 0) is 24.8 Å². The molecule has 106 valence electrons. The first-order valence-electron chi connectivity index (χ1n) is 6.90. The molecule has 0 aromatic carbocycles. The average Bonchev–Trinajstić information content (AvgIpc) is 2.88. The quantitative estimate of drug-likeness (QED) is 0.870. The third kappa shape index (κ3) is 2.38. The first kappa shape index (κ1) is 13.1. The molecule has 2 unspecified atom stereocenters. The van der Waals surface area contributed by atoms with Crippen LogP contribution < -0.4 is 11.3 Å². The number of hydrogen-bond donors (Lipinski definition) is 2. The number of aromatic nitrogens is 3. The Morgan fingerprint density at radius 3 is 3.10 bits per heavy atom. The van der Waals surface area contributed by atoms with Crippen LogP contribution in [-0.2, 0) is 5.54 Å². The minimum absolute atomic E-state index is 0.198. The van der Waals surface area contributed by atoms with Crippen molar-refractivity contribution in [3.63, 3.8) is 0 Å². The van der Waals surface area contributed by atoms with E-state index in [1.807, 2.05) is 0 Å². The maximum absolute atomic E-state index is 11.3. The lowest BCUT2D eigenvalue weighted by atomic mass is 9.76. The summed E-state index contributed by atoms with van der Waals surface area (Å²) in [5.41, 5.74) is 6.23. The van der Waals surface area contributed by atoms with Crippen LogP contribution in [0.5, 0.6) is 0 Å². The van der Waals surface area contributed by atoms with E-state index in [1.54, 1.807) is 12.1 Å². The van der Waals surface area contributed by atoms with Gasteiger partial charge in [0.25, 0.3) is 5.89 Å². The zero-order chi connectivity index (χ0) is 14.2. The molecular formula is C14H18N4O2. The Morgan fingerprint density at radius 2 is 2.35 bits per heavy atom. The van der Waals surface area contributed by atoms with Crippen LogP contribution in [0.15, 0.2) is 27.5 Å². The van der Waals surface area contributed by atoms with Crippen LogP contribution >= 0.6 is 0 Å². The molecule has 20 heavy (non-hydrogen) atoms. The zero-order valence-corrected chi connectivity index (χ0v) is 11.4. The molecule has 3 rings (SSSR count). The Balaban J connectivity index is 1.92. The molecule has 0 amide bonds. The van der Waals surface area contributed by atoms with Gasteiger partial charge in [0.1, 0.15) is 5.69 Å². The predicted octanol–water partition coefficient (Wildman–Crippen LogP) is 1.79. The fourth-order valence-electron chi connectivity index (χ4n) is 2.90. The summed E-state index contributed by atoms with van der Waals surface area (Å²) in [5, 5.41) is 4.02. The molecule has 6 heteroatoms. The molecule has 6 nitrogen and oxygen atoms in total. The highest BCUT2D eigenvalue weighted by molar-refractivity contribution is 5.45. The maximum Gasteiger partial charge on any atom is 0.274 e. The standard InChI is InChI=1S/C14H18N4O2/c1-9-4-3-7-14(15,8-9)13-17-12(20-18-13)10-5-2-6-11(19)16-10/h2,5-6,9H,3-4,7-8,15H2,1H3,(H,16,19). The summed E-state index contributed by atoms with van der Waals surface area (Å²) in [6.07, 6.45) is 3.98. The summed E-state index contributed by atoms with van der Waals surface area (Å²) in [5.74, 6) is 1.40. The number of H-pyrrole nitrogens is 1. The van der Waals surface area contributed by atoms with Crippen molar-refractivity contribution in [2.75, 3.05) is 0 Å². The first-order chi connectivity index (χ1) is 9.57. The summed E-state index contributed by atoms with van der Waals surface area (Å²) in [4.78, 5) is 18.4. The topological polar surface area (TPSA) is 97.8 Å².